The molecule has 1 aromatic rings. The van der Waals surface area contributed by atoms with E-state index in [0.29, 0.717) is 17.5 Å². The maximum absolute atomic E-state index is 12.2. The van der Waals surface area contributed by atoms with Crippen molar-refractivity contribution in [2.45, 2.75) is 33.2 Å². The van der Waals surface area contributed by atoms with Crippen LogP contribution in [0.2, 0.25) is 0 Å². The van der Waals surface area contributed by atoms with E-state index < -0.39 is 0 Å². The summed E-state index contributed by atoms with van der Waals surface area (Å²) in [5.41, 5.74) is 0.793. The minimum absolute atomic E-state index is 0.0408. The van der Waals surface area contributed by atoms with Crippen molar-refractivity contribution >= 4 is 17.4 Å². The van der Waals surface area contributed by atoms with Crippen LogP contribution in [0.15, 0.2) is 0 Å². The van der Waals surface area contributed by atoms with Crippen LogP contribution < -0.4 is 5.32 Å². The number of rotatable bonds is 6. The normalized spacial score (nSPS) is 18.6. The molecule has 7 heteroatoms. The molecule has 0 spiro atoms. The van der Waals surface area contributed by atoms with E-state index in [1.54, 1.807) is 0 Å². The molecule has 1 saturated heterocycles. The van der Waals surface area contributed by atoms with Crippen molar-refractivity contribution in [3.63, 3.8) is 0 Å². The second-order valence-corrected chi connectivity index (χ2v) is 6.19. The van der Waals surface area contributed by atoms with Crippen molar-refractivity contribution in [3.05, 3.63) is 10.6 Å². The molecule has 1 aromatic heterocycles. The lowest BCUT2D eigenvalue weighted by atomic mass is 10.2. The maximum atomic E-state index is 12.2. The van der Waals surface area contributed by atoms with Crippen LogP contribution >= 0.6 is 11.5 Å². The summed E-state index contributed by atoms with van der Waals surface area (Å²) in [5, 5.41) is 7.00. The number of aromatic nitrogens is 2. The number of carbonyl (C=O) groups excluding carboxylic acids is 1. The fourth-order valence-electron chi connectivity index (χ4n) is 2.58. The van der Waals surface area contributed by atoms with Gasteiger partial charge in [0, 0.05) is 38.8 Å². The lowest BCUT2D eigenvalue weighted by molar-refractivity contribution is 0.0885. The summed E-state index contributed by atoms with van der Waals surface area (Å²) in [7, 11) is 0. The van der Waals surface area contributed by atoms with Crippen LogP contribution in [0, 0.1) is 0 Å². The molecule has 1 fully saturated rings. The summed E-state index contributed by atoms with van der Waals surface area (Å²) in [5.74, 6) is -0.0408. The first-order valence-electron chi connectivity index (χ1n) is 7.71. The van der Waals surface area contributed by atoms with E-state index >= 15 is 0 Å². The van der Waals surface area contributed by atoms with Gasteiger partial charge in [-0.1, -0.05) is 18.3 Å². The van der Waals surface area contributed by atoms with Crippen molar-refractivity contribution in [1.82, 2.24) is 24.7 Å². The van der Waals surface area contributed by atoms with Gasteiger partial charge >= 0.3 is 0 Å². The van der Waals surface area contributed by atoms with Crippen LogP contribution in [0.25, 0.3) is 0 Å². The highest BCUT2D eigenvalue weighted by Crippen LogP contribution is 2.11. The molecule has 0 saturated carbocycles. The largest absolute Gasteiger partial charge is 0.350 e. The van der Waals surface area contributed by atoms with Crippen LogP contribution in [-0.4, -0.2) is 70.6 Å². The zero-order chi connectivity index (χ0) is 15.2. The Morgan fingerprint density at radius 1 is 1.33 bits per heavy atom. The number of hydrogen-bond donors (Lipinski definition) is 1. The second-order valence-electron chi connectivity index (χ2n) is 5.43. The molecule has 1 amide bonds. The fraction of sp³-hybridized carbons (Fsp3) is 0.786. The van der Waals surface area contributed by atoms with E-state index in [0.717, 1.165) is 44.8 Å². The molecule has 1 N–H and O–H groups in total. The highest BCUT2D eigenvalue weighted by Gasteiger charge is 2.21. The van der Waals surface area contributed by atoms with Crippen LogP contribution in [-0.2, 0) is 6.42 Å². The number of nitrogens with one attached hydrogen (secondary N) is 1. The van der Waals surface area contributed by atoms with Gasteiger partial charge in [0.05, 0.1) is 5.69 Å². The van der Waals surface area contributed by atoms with Gasteiger partial charge in [0.25, 0.3) is 5.91 Å². The number of carbonyl (C=O) groups is 1. The molecule has 1 aliphatic heterocycles. The minimum atomic E-state index is -0.0408. The van der Waals surface area contributed by atoms with Gasteiger partial charge in [0.15, 0.2) is 0 Å². The van der Waals surface area contributed by atoms with Crippen LogP contribution in [0.5, 0.6) is 0 Å². The summed E-state index contributed by atoms with van der Waals surface area (Å²) in [4.78, 5) is 17.7. The Morgan fingerprint density at radius 3 is 2.67 bits per heavy atom. The van der Waals surface area contributed by atoms with E-state index in [9.17, 15) is 4.79 Å². The number of amides is 1. The van der Waals surface area contributed by atoms with Gasteiger partial charge < -0.3 is 10.2 Å². The molecule has 0 unspecified atom stereocenters. The molecule has 0 aromatic carbocycles. The number of hydrogen-bond acceptors (Lipinski definition) is 6. The summed E-state index contributed by atoms with van der Waals surface area (Å²) >= 11 is 1.18. The monoisotopic (exact) mass is 311 g/mol. The molecule has 0 bridgehead atoms. The lowest BCUT2D eigenvalue weighted by Crippen LogP contribution is -2.52. The van der Waals surface area contributed by atoms with Gasteiger partial charge in [-0.05, 0) is 31.4 Å². The minimum Gasteiger partial charge on any atom is -0.350 e. The first kappa shape index (κ1) is 16.3. The highest BCUT2D eigenvalue weighted by molar-refractivity contribution is 7.08. The average Bonchev–Trinajstić information content (AvgIpc) is 3.01. The molecule has 0 aliphatic carbocycles. The molecule has 118 valence electrons. The molecule has 0 radical (unpaired) electrons. The van der Waals surface area contributed by atoms with Crippen molar-refractivity contribution < 1.29 is 4.79 Å². The van der Waals surface area contributed by atoms with Gasteiger partial charge in [-0.25, -0.2) is 0 Å². The zero-order valence-electron chi connectivity index (χ0n) is 13.1. The molecular formula is C14H25N5OS. The van der Waals surface area contributed by atoms with Gasteiger partial charge in [-0.15, -0.1) is 5.10 Å². The molecule has 1 aliphatic rings. The van der Waals surface area contributed by atoms with Crippen molar-refractivity contribution in [2.75, 3.05) is 39.3 Å². The summed E-state index contributed by atoms with van der Waals surface area (Å²) in [6.45, 7) is 12.6. The summed E-state index contributed by atoms with van der Waals surface area (Å²) in [6, 6.07) is 0.360. The Labute approximate surface area is 130 Å². The Hall–Kier alpha value is -1.05. The quantitative estimate of drug-likeness (QED) is 0.844. The fourth-order valence-corrected chi connectivity index (χ4v) is 3.25. The third kappa shape index (κ3) is 4.21. The predicted molar refractivity (Wildman–Crippen MR) is 84.8 cm³/mol. The van der Waals surface area contributed by atoms with Gasteiger partial charge in [-0.2, -0.15) is 0 Å². The van der Waals surface area contributed by atoms with Gasteiger partial charge in [0.1, 0.15) is 4.88 Å². The van der Waals surface area contributed by atoms with Crippen LogP contribution in [0.3, 0.4) is 0 Å². The van der Waals surface area contributed by atoms with Gasteiger partial charge in [0.2, 0.25) is 0 Å². The second kappa shape index (κ2) is 7.82. The van der Waals surface area contributed by atoms with Crippen molar-refractivity contribution in [3.8, 4) is 0 Å². The molecule has 1 atom stereocenters. The average molecular weight is 311 g/mol. The number of likely N-dealkylation sites (N-methyl/N-ethyl adjacent to an activating group) is 1. The molecule has 2 rings (SSSR count). The molecule has 6 nitrogen and oxygen atoms in total. The summed E-state index contributed by atoms with van der Waals surface area (Å²) in [6.07, 6.45) is 0.744. The third-order valence-electron chi connectivity index (χ3n) is 4.13. The predicted octanol–water partition coefficient (Wildman–Crippen LogP) is 0.856. The Kier molecular flexibility index (Phi) is 6.08. The van der Waals surface area contributed by atoms with E-state index in [2.05, 4.69) is 38.6 Å². The molecule has 21 heavy (non-hydrogen) atoms. The number of nitrogens with zero attached hydrogens (tertiary/aromatic N) is 4. The Morgan fingerprint density at radius 2 is 2.05 bits per heavy atom. The summed E-state index contributed by atoms with van der Waals surface area (Å²) < 4.78 is 3.86. The number of aryl methyl sites for hydroxylation is 1. The highest BCUT2D eigenvalue weighted by atomic mass is 32.1. The SMILES string of the molecule is CCc1nnsc1C(=O)NC[C@H](C)N1CCN(CC)CC1. The molecule has 2 heterocycles. The Bertz CT molecular complexity index is 456. The van der Waals surface area contributed by atoms with Crippen molar-refractivity contribution in [2.24, 2.45) is 0 Å². The lowest BCUT2D eigenvalue weighted by Gasteiger charge is -2.37. The number of piperazine rings is 1. The Balaban J connectivity index is 1.79. The van der Waals surface area contributed by atoms with E-state index in [-0.39, 0.29) is 5.91 Å². The van der Waals surface area contributed by atoms with Crippen LogP contribution in [0.4, 0.5) is 0 Å². The maximum Gasteiger partial charge on any atom is 0.265 e. The topological polar surface area (TPSA) is 61.4 Å². The smallest absolute Gasteiger partial charge is 0.265 e. The standard InChI is InChI=1S/C14H25N5OS/c1-4-12-13(21-17-16-12)14(20)15-10-11(3)19-8-6-18(5-2)7-9-19/h11H,4-10H2,1-3H3,(H,15,20)/t11-/m0/s1. The van der Waals surface area contributed by atoms with E-state index in [4.69, 9.17) is 0 Å². The van der Waals surface area contributed by atoms with E-state index in [1.165, 1.54) is 11.5 Å². The van der Waals surface area contributed by atoms with Crippen molar-refractivity contribution in [1.29, 1.82) is 0 Å². The van der Waals surface area contributed by atoms with Gasteiger partial charge in [-0.3, -0.25) is 9.69 Å². The first-order valence-corrected chi connectivity index (χ1v) is 8.48. The first-order chi connectivity index (χ1) is 10.2. The van der Waals surface area contributed by atoms with E-state index in [1.807, 2.05) is 6.92 Å². The third-order valence-corrected chi connectivity index (χ3v) is 4.90. The molecular weight excluding hydrogens is 286 g/mol. The van der Waals surface area contributed by atoms with Crippen LogP contribution in [0.1, 0.15) is 36.1 Å². The zero-order valence-corrected chi connectivity index (χ0v) is 13.9.